The maximum absolute atomic E-state index is 5.38. The zero-order valence-electron chi connectivity index (χ0n) is 14.1. The first kappa shape index (κ1) is 17.9. The second kappa shape index (κ2) is 8.32. The summed E-state index contributed by atoms with van der Waals surface area (Å²) >= 11 is 0. The van der Waals surface area contributed by atoms with Crippen LogP contribution in [0.5, 0.6) is 0 Å². The monoisotopic (exact) mass is 299 g/mol. The van der Waals surface area contributed by atoms with Gasteiger partial charge in [0.25, 0.3) is 0 Å². The fourth-order valence-corrected chi connectivity index (χ4v) is 4.85. The number of nitrogens with zero attached hydrogens (tertiary/aromatic N) is 1. The molecular formula is C16H33NO2Si. The molecule has 0 aliphatic carbocycles. The van der Waals surface area contributed by atoms with Crippen molar-refractivity contribution in [3.8, 4) is 0 Å². The van der Waals surface area contributed by atoms with Crippen molar-refractivity contribution in [2.45, 2.75) is 57.0 Å². The molecule has 0 N–H and O–H groups in total. The number of likely N-dealkylation sites (tertiary alicyclic amines) is 1. The minimum Gasteiger partial charge on any atom is -0.383 e. The second-order valence-electron chi connectivity index (χ2n) is 6.91. The Morgan fingerprint density at radius 1 is 1.15 bits per heavy atom. The Morgan fingerprint density at radius 2 is 1.65 bits per heavy atom. The average Bonchev–Trinajstić information content (AvgIpc) is 2.73. The highest BCUT2D eigenvalue weighted by molar-refractivity contribution is 6.77. The van der Waals surface area contributed by atoms with Crippen molar-refractivity contribution in [3.63, 3.8) is 0 Å². The van der Waals surface area contributed by atoms with Gasteiger partial charge in [-0.05, 0) is 18.9 Å². The molecule has 0 aromatic rings. The maximum atomic E-state index is 5.38. The zero-order valence-corrected chi connectivity index (χ0v) is 15.1. The fourth-order valence-electron chi connectivity index (χ4n) is 3.13. The van der Waals surface area contributed by atoms with E-state index in [2.05, 4.69) is 31.5 Å². The molecular weight excluding hydrogens is 266 g/mol. The molecule has 0 aromatic heterocycles. The van der Waals surface area contributed by atoms with Crippen LogP contribution in [0.1, 0.15) is 19.8 Å². The molecule has 0 spiro atoms. The first-order chi connectivity index (χ1) is 9.43. The Morgan fingerprint density at radius 3 is 2.05 bits per heavy atom. The number of hydrogen-bond donors (Lipinski definition) is 0. The number of hydrogen-bond acceptors (Lipinski definition) is 3. The lowest BCUT2D eigenvalue weighted by atomic mass is 10.2. The van der Waals surface area contributed by atoms with Crippen molar-refractivity contribution in [2.24, 2.45) is 0 Å². The highest BCUT2D eigenvalue weighted by atomic mass is 28.3. The van der Waals surface area contributed by atoms with Crippen molar-refractivity contribution in [1.29, 1.82) is 0 Å². The summed E-state index contributed by atoms with van der Waals surface area (Å²) in [5, 5.41) is 0. The van der Waals surface area contributed by atoms with Gasteiger partial charge in [-0.15, -0.1) is 0 Å². The molecule has 1 rings (SSSR count). The lowest BCUT2D eigenvalue weighted by molar-refractivity contribution is 0.0691. The van der Waals surface area contributed by atoms with Gasteiger partial charge < -0.3 is 9.47 Å². The first-order valence-corrected chi connectivity index (χ1v) is 11.2. The Hall–Kier alpha value is -0.163. The quantitative estimate of drug-likeness (QED) is 0.481. The van der Waals surface area contributed by atoms with Crippen LogP contribution in [0.4, 0.5) is 0 Å². The van der Waals surface area contributed by atoms with Crippen LogP contribution in [0, 0.1) is 0 Å². The second-order valence-corrected chi connectivity index (χ2v) is 12.3. The van der Waals surface area contributed by atoms with Crippen molar-refractivity contribution >= 4 is 8.07 Å². The number of methoxy groups -OCH3 is 2. The summed E-state index contributed by atoms with van der Waals surface area (Å²) in [5.74, 6) is 0. The SMILES string of the molecule is C=C(CN1[C@@H](COC)CC[C@H]1COC)C[Si](C)(C)CC. The minimum absolute atomic E-state index is 0.531. The van der Waals surface area contributed by atoms with Gasteiger partial charge in [0, 0.05) is 32.8 Å². The standard InChI is InChI=1S/C16H33NO2Si/c1-7-20(5,6)13-14(2)10-17-15(11-18-3)8-9-16(17)12-19-4/h15-16H,2,7-13H2,1,3-6H3/t15-,16+. The highest BCUT2D eigenvalue weighted by Crippen LogP contribution is 2.28. The smallest absolute Gasteiger partial charge is 0.0618 e. The summed E-state index contributed by atoms with van der Waals surface area (Å²) in [4.78, 5) is 2.56. The van der Waals surface area contributed by atoms with Gasteiger partial charge in [-0.2, -0.15) is 0 Å². The Labute approximate surface area is 126 Å². The van der Waals surface area contributed by atoms with Crippen LogP contribution in [0.15, 0.2) is 12.2 Å². The molecule has 1 saturated heterocycles. The summed E-state index contributed by atoms with van der Waals surface area (Å²) in [6, 6.07) is 3.63. The van der Waals surface area contributed by atoms with E-state index in [1.807, 2.05) is 0 Å². The summed E-state index contributed by atoms with van der Waals surface area (Å²) in [6.45, 7) is 14.2. The molecule has 0 saturated carbocycles. The molecule has 118 valence electrons. The van der Waals surface area contributed by atoms with Crippen molar-refractivity contribution in [1.82, 2.24) is 4.90 Å². The minimum atomic E-state index is -1.08. The molecule has 1 heterocycles. The molecule has 0 radical (unpaired) electrons. The fraction of sp³-hybridized carbons (Fsp3) is 0.875. The van der Waals surface area contributed by atoms with E-state index in [-0.39, 0.29) is 0 Å². The van der Waals surface area contributed by atoms with Gasteiger partial charge in [0.05, 0.1) is 21.3 Å². The maximum Gasteiger partial charge on any atom is 0.0618 e. The molecule has 0 bridgehead atoms. The molecule has 1 aliphatic rings. The van der Waals surface area contributed by atoms with E-state index in [1.54, 1.807) is 14.2 Å². The third-order valence-corrected chi connectivity index (χ3v) is 7.95. The molecule has 0 unspecified atom stereocenters. The van der Waals surface area contributed by atoms with Gasteiger partial charge in [0.1, 0.15) is 0 Å². The van der Waals surface area contributed by atoms with Crippen molar-refractivity contribution < 1.29 is 9.47 Å². The summed E-state index contributed by atoms with van der Waals surface area (Å²) in [6.07, 6.45) is 2.42. The van der Waals surface area contributed by atoms with Gasteiger partial charge >= 0.3 is 0 Å². The van der Waals surface area contributed by atoms with Gasteiger partial charge in [-0.25, -0.2) is 0 Å². The van der Waals surface area contributed by atoms with E-state index in [0.717, 1.165) is 19.8 Å². The Balaban J connectivity index is 2.61. The van der Waals surface area contributed by atoms with Crippen LogP contribution < -0.4 is 0 Å². The Bertz CT molecular complexity index is 293. The van der Waals surface area contributed by atoms with Crippen LogP contribution in [0.2, 0.25) is 25.2 Å². The molecule has 4 heteroatoms. The van der Waals surface area contributed by atoms with E-state index >= 15 is 0 Å². The molecule has 2 atom stereocenters. The third kappa shape index (κ3) is 5.32. The topological polar surface area (TPSA) is 21.7 Å². The molecule has 20 heavy (non-hydrogen) atoms. The van der Waals surface area contributed by atoms with E-state index in [0.29, 0.717) is 12.1 Å². The predicted molar refractivity (Wildman–Crippen MR) is 89.2 cm³/mol. The average molecular weight is 300 g/mol. The molecule has 0 amide bonds. The highest BCUT2D eigenvalue weighted by Gasteiger charge is 2.34. The summed E-state index contributed by atoms with van der Waals surface area (Å²) in [7, 11) is 2.51. The number of rotatable bonds is 9. The first-order valence-electron chi connectivity index (χ1n) is 7.83. The molecule has 3 nitrogen and oxygen atoms in total. The molecule has 0 aromatic carbocycles. The van der Waals surface area contributed by atoms with Gasteiger partial charge in [-0.3, -0.25) is 4.90 Å². The summed E-state index contributed by atoms with van der Waals surface area (Å²) < 4.78 is 10.8. The largest absolute Gasteiger partial charge is 0.383 e. The molecule has 1 aliphatic heterocycles. The lowest BCUT2D eigenvalue weighted by Gasteiger charge is -2.32. The van der Waals surface area contributed by atoms with Crippen molar-refractivity contribution in [2.75, 3.05) is 34.0 Å². The third-order valence-electron chi connectivity index (χ3n) is 4.58. The van der Waals surface area contributed by atoms with Gasteiger partial charge in [0.15, 0.2) is 0 Å². The van der Waals surface area contributed by atoms with Gasteiger partial charge in [-0.1, -0.05) is 38.2 Å². The van der Waals surface area contributed by atoms with Crippen LogP contribution in [0.25, 0.3) is 0 Å². The van der Waals surface area contributed by atoms with E-state index in [1.165, 1.54) is 30.5 Å². The van der Waals surface area contributed by atoms with Gasteiger partial charge in [0.2, 0.25) is 0 Å². The summed E-state index contributed by atoms with van der Waals surface area (Å²) in [5.41, 5.74) is 1.40. The predicted octanol–water partition coefficient (Wildman–Crippen LogP) is 3.40. The molecule has 1 fully saturated rings. The normalized spacial score (nSPS) is 24.2. The van der Waals surface area contributed by atoms with Crippen LogP contribution >= 0.6 is 0 Å². The zero-order chi connectivity index (χ0) is 15.2. The lowest BCUT2D eigenvalue weighted by Crippen LogP contribution is -2.42. The van der Waals surface area contributed by atoms with Crippen LogP contribution in [-0.4, -0.2) is 59.0 Å². The van der Waals surface area contributed by atoms with Crippen molar-refractivity contribution in [3.05, 3.63) is 12.2 Å². The van der Waals surface area contributed by atoms with Crippen LogP contribution in [0.3, 0.4) is 0 Å². The van der Waals surface area contributed by atoms with E-state index in [4.69, 9.17) is 9.47 Å². The number of ether oxygens (including phenoxy) is 2. The van der Waals surface area contributed by atoms with E-state index in [9.17, 15) is 0 Å². The Kier molecular flexibility index (Phi) is 7.44. The van der Waals surface area contributed by atoms with Crippen LogP contribution in [-0.2, 0) is 9.47 Å². The van der Waals surface area contributed by atoms with E-state index < -0.39 is 8.07 Å².